The van der Waals surface area contributed by atoms with Crippen LogP contribution in [0.5, 0.6) is 5.75 Å². The Bertz CT molecular complexity index is 1250. The molecule has 0 spiro atoms. The Morgan fingerprint density at radius 3 is 2.35 bits per heavy atom. The first-order valence-electron chi connectivity index (χ1n) is 13.2. The predicted molar refractivity (Wildman–Crippen MR) is 146 cm³/mol. The molecule has 0 radical (unpaired) electrons. The molecule has 0 aliphatic heterocycles. The Balaban J connectivity index is 1.76. The molecule has 7 heteroatoms. The third-order valence-electron chi connectivity index (χ3n) is 7.09. The fourth-order valence-corrected chi connectivity index (χ4v) is 6.15. The van der Waals surface area contributed by atoms with Gasteiger partial charge in [-0.3, -0.25) is 4.79 Å². The lowest BCUT2D eigenvalue weighted by molar-refractivity contribution is -0.140. The van der Waals surface area contributed by atoms with E-state index in [0.717, 1.165) is 36.2 Å². The zero-order valence-corrected chi connectivity index (χ0v) is 23.2. The monoisotopic (exact) mass is 509 g/mol. The van der Waals surface area contributed by atoms with Gasteiger partial charge in [0.2, 0.25) is 5.95 Å². The molecule has 0 amide bonds. The van der Waals surface area contributed by atoms with E-state index in [-0.39, 0.29) is 47.6 Å². The van der Waals surface area contributed by atoms with Gasteiger partial charge in [0.15, 0.2) is 5.82 Å². The number of rotatable bonds is 8. The summed E-state index contributed by atoms with van der Waals surface area (Å²) in [6.45, 7) is 13.2. The highest BCUT2D eigenvalue weighted by Crippen LogP contribution is 2.51. The van der Waals surface area contributed by atoms with Gasteiger partial charge in [0.05, 0.1) is 18.7 Å². The van der Waals surface area contributed by atoms with Crippen molar-refractivity contribution in [2.24, 2.45) is 10.8 Å². The first-order valence-corrected chi connectivity index (χ1v) is 13.2. The first kappa shape index (κ1) is 27.0. The Labute approximate surface area is 219 Å². The molecule has 0 atom stereocenters. The number of carbonyl (C=O) groups is 1. The molecule has 200 valence electrons. The van der Waals surface area contributed by atoms with E-state index in [0.29, 0.717) is 17.0 Å². The number of halogens is 1. The van der Waals surface area contributed by atoms with E-state index in [1.165, 1.54) is 7.11 Å². The molecule has 1 aliphatic rings. The maximum atomic E-state index is 15.7. The number of hydrogen-bond acceptors (Lipinski definition) is 5. The number of esters is 1. The fraction of sp³-hybridized carbons (Fsp3) is 0.533. The number of imidazole rings is 1. The topological polar surface area (TPSA) is 65.4 Å². The molecule has 0 unspecified atom stereocenters. The SMILES string of the molecule is COC(=O)CCc1ccc2c(nc(Nc3ccc(OC(C)C)cc3)n2C2CC(C)(C)CC(C)(C)C2)c1F. The van der Waals surface area contributed by atoms with Crippen molar-refractivity contribution in [1.29, 1.82) is 0 Å². The maximum Gasteiger partial charge on any atom is 0.305 e. The highest BCUT2D eigenvalue weighted by Gasteiger charge is 2.40. The smallest absolute Gasteiger partial charge is 0.305 e. The second-order valence-corrected chi connectivity index (χ2v) is 12.2. The van der Waals surface area contributed by atoms with Gasteiger partial charge in [-0.1, -0.05) is 33.8 Å². The van der Waals surface area contributed by atoms with Crippen LogP contribution in [0.25, 0.3) is 11.0 Å². The minimum Gasteiger partial charge on any atom is -0.491 e. The lowest BCUT2D eigenvalue weighted by atomic mass is 9.63. The van der Waals surface area contributed by atoms with E-state index in [1.54, 1.807) is 6.07 Å². The number of ether oxygens (including phenoxy) is 2. The second-order valence-electron chi connectivity index (χ2n) is 12.2. The van der Waals surface area contributed by atoms with Crippen molar-refractivity contribution in [2.45, 2.75) is 85.8 Å². The highest BCUT2D eigenvalue weighted by atomic mass is 19.1. The average molecular weight is 510 g/mol. The number of methoxy groups -OCH3 is 1. The number of carbonyl (C=O) groups excluding carboxylic acids is 1. The number of fused-ring (bicyclic) bond motifs is 1. The van der Waals surface area contributed by atoms with Crippen molar-refractivity contribution in [1.82, 2.24) is 9.55 Å². The summed E-state index contributed by atoms with van der Waals surface area (Å²) in [6, 6.07) is 11.6. The van der Waals surface area contributed by atoms with Gasteiger partial charge >= 0.3 is 5.97 Å². The molecule has 1 fully saturated rings. The van der Waals surface area contributed by atoms with Crippen LogP contribution in [0.3, 0.4) is 0 Å². The molecule has 0 bridgehead atoms. The molecular formula is C30H40FN3O3. The molecule has 1 N–H and O–H groups in total. The Hall–Kier alpha value is -3.09. The minimum atomic E-state index is -0.377. The molecule has 3 aromatic rings. The number of nitrogens with zero attached hydrogens (tertiary/aromatic N) is 2. The van der Waals surface area contributed by atoms with Crippen molar-refractivity contribution in [3.05, 3.63) is 47.8 Å². The van der Waals surface area contributed by atoms with E-state index in [4.69, 9.17) is 14.5 Å². The number of benzene rings is 2. The van der Waals surface area contributed by atoms with Crippen LogP contribution in [0.1, 0.15) is 78.8 Å². The van der Waals surface area contributed by atoms with Crippen LogP contribution in [0, 0.1) is 16.6 Å². The summed E-state index contributed by atoms with van der Waals surface area (Å²) in [4.78, 5) is 16.4. The van der Waals surface area contributed by atoms with Gasteiger partial charge in [0.25, 0.3) is 0 Å². The summed E-state index contributed by atoms with van der Waals surface area (Å²) in [6.07, 6.45) is 3.57. The van der Waals surface area contributed by atoms with Gasteiger partial charge < -0.3 is 19.4 Å². The lowest BCUT2D eigenvalue weighted by Crippen LogP contribution is -2.35. The highest BCUT2D eigenvalue weighted by molar-refractivity contribution is 5.82. The molecule has 1 aromatic heterocycles. The van der Waals surface area contributed by atoms with Gasteiger partial charge in [-0.15, -0.1) is 0 Å². The largest absolute Gasteiger partial charge is 0.491 e. The summed E-state index contributed by atoms with van der Waals surface area (Å²) in [5.74, 6) is 0.684. The van der Waals surface area contributed by atoms with Gasteiger partial charge in [0.1, 0.15) is 11.3 Å². The standard InChI is InChI=1S/C30H40FN3O3/c1-19(2)37-23-12-10-21(11-13-23)32-28-33-27-24(14-8-20(26(27)31)9-15-25(35)36-7)34(28)22-16-29(3,4)18-30(5,6)17-22/h8,10-14,19,22H,9,15-18H2,1-7H3,(H,32,33). The summed E-state index contributed by atoms with van der Waals surface area (Å²) in [5, 5.41) is 3.46. The molecule has 2 aromatic carbocycles. The van der Waals surface area contributed by atoms with Crippen LogP contribution in [-0.2, 0) is 16.0 Å². The van der Waals surface area contributed by atoms with Crippen molar-refractivity contribution < 1.29 is 18.7 Å². The summed E-state index contributed by atoms with van der Waals surface area (Å²) >= 11 is 0. The average Bonchev–Trinajstić information content (AvgIpc) is 3.16. The van der Waals surface area contributed by atoms with Crippen LogP contribution in [0.15, 0.2) is 36.4 Å². The van der Waals surface area contributed by atoms with Crippen LogP contribution < -0.4 is 10.1 Å². The number of anilines is 2. The van der Waals surface area contributed by atoms with E-state index < -0.39 is 0 Å². The Morgan fingerprint density at radius 1 is 1.11 bits per heavy atom. The zero-order valence-electron chi connectivity index (χ0n) is 23.2. The third-order valence-corrected chi connectivity index (χ3v) is 7.09. The fourth-order valence-electron chi connectivity index (χ4n) is 6.15. The van der Waals surface area contributed by atoms with E-state index in [9.17, 15) is 4.79 Å². The Morgan fingerprint density at radius 2 is 1.76 bits per heavy atom. The van der Waals surface area contributed by atoms with Gasteiger partial charge in [-0.2, -0.15) is 0 Å². The van der Waals surface area contributed by atoms with E-state index in [2.05, 4.69) is 37.6 Å². The van der Waals surface area contributed by atoms with Crippen molar-refractivity contribution in [2.75, 3.05) is 12.4 Å². The van der Waals surface area contributed by atoms with E-state index >= 15 is 4.39 Å². The summed E-state index contributed by atoms with van der Waals surface area (Å²) in [5.41, 5.74) is 2.71. The molecule has 6 nitrogen and oxygen atoms in total. The second kappa shape index (κ2) is 10.3. The quantitative estimate of drug-likeness (QED) is 0.317. The molecule has 37 heavy (non-hydrogen) atoms. The molecule has 1 heterocycles. The van der Waals surface area contributed by atoms with Gasteiger partial charge in [-0.05, 0) is 86.3 Å². The molecule has 1 saturated carbocycles. The number of aryl methyl sites for hydroxylation is 1. The molecule has 0 saturated heterocycles. The van der Waals surface area contributed by atoms with Crippen LogP contribution in [-0.4, -0.2) is 28.7 Å². The van der Waals surface area contributed by atoms with Gasteiger partial charge in [0, 0.05) is 18.2 Å². The normalized spacial score (nSPS) is 17.2. The number of nitrogens with one attached hydrogen (secondary N) is 1. The summed E-state index contributed by atoms with van der Waals surface area (Å²) in [7, 11) is 1.34. The van der Waals surface area contributed by atoms with Gasteiger partial charge in [-0.25, -0.2) is 9.37 Å². The van der Waals surface area contributed by atoms with Crippen LogP contribution in [0.4, 0.5) is 16.0 Å². The molecular weight excluding hydrogens is 469 g/mol. The van der Waals surface area contributed by atoms with E-state index in [1.807, 2.05) is 44.2 Å². The van der Waals surface area contributed by atoms with Crippen molar-refractivity contribution in [3.8, 4) is 5.75 Å². The van der Waals surface area contributed by atoms with Crippen LogP contribution >= 0.6 is 0 Å². The third kappa shape index (κ3) is 6.25. The lowest BCUT2D eigenvalue weighted by Gasteiger charge is -2.45. The van der Waals surface area contributed by atoms with Crippen molar-refractivity contribution >= 4 is 28.6 Å². The first-order chi connectivity index (χ1) is 17.4. The zero-order chi connectivity index (χ0) is 27.0. The Kier molecular flexibility index (Phi) is 7.54. The number of hydrogen-bond donors (Lipinski definition) is 1. The van der Waals surface area contributed by atoms with Crippen LogP contribution in [0.2, 0.25) is 0 Å². The summed E-state index contributed by atoms with van der Waals surface area (Å²) < 4.78 is 28.4. The van der Waals surface area contributed by atoms with Crippen molar-refractivity contribution in [3.63, 3.8) is 0 Å². The maximum absolute atomic E-state index is 15.7. The number of aromatic nitrogens is 2. The predicted octanol–water partition coefficient (Wildman–Crippen LogP) is 7.59. The molecule has 1 aliphatic carbocycles. The minimum absolute atomic E-state index is 0.0948. The molecule has 4 rings (SSSR count).